The summed E-state index contributed by atoms with van der Waals surface area (Å²) in [5, 5.41) is 1.10. The lowest BCUT2D eigenvalue weighted by atomic mass is 10.3. The maximum absolute atomic E-state index is 4.16. The Bertz CT molecular complexity index is 353. The number of H-pyrrole nitrogens is 1. The molecule has 0 bridgehead atoms. The van der Waals surface area contributed by atoms with Gasteiger partial charge in [-0.2, -0.15) is 0 Å². The van der Waals surface area contributed by atoms with E-state index in [-0.39, 0.29) is 0 Å². The normalized spacial score (nSPS) is 10.5. The minimum Gasteiger partial charge on any atom is -0.346 e. The molecule has 3 heteroatoms. The molecule has 0 aliphatic carbocycles. The molecule has 0 saturated heterocycles. The summed E-state index contributed by atoms with van der Waals surface area (Å²) in [5.74, 6) is 0. The molecule has 2 rings (SSSR count). The third-order valence-electron chi connectivity index (χ3n) is 1.39. The van der Waals surface area contributed by atoms with Gasteiger partial charge in [0.1, 0.15) is 5.65 Å². The molecule has 50 valence electrons. The first-order chi connectivity index (χ1) is 4.86. The van der Waals surface area contributed by atoms with Crippen LogP contribution in [-0.2, 0) is 0 Å². The summed E-state index contributed by atoms with van der Waals surface area (Å²) in [6.45, 7) is 0. The molecule has 2 heterocycles. The number of nitrogens with one attached hydrogen (secondary N) is 1. The Hall–Kier alpha value is -0.960. The van der Waals surface area contributed by atoms with E-state index in [0.29, 0.717) is 0 Å². The Morgan fingerprint density at radius 1 is 1.50 bits per heavy atom. The summed E-state index contributed by atoms with van der Waals surface area (Å²) in [7, 11) is 0. The maximum atomic E-state index is 4.16. The van der Waals surface area contributed by atoms with Gasteiger partial charge >= 0.3 is 0 Å². The highest BCUT2D eigenvalue weighted by Gasteiger charge is 1.93. The van der Waals surface area contributed by atoms with Crippen LogP contribution in [0.15, 0.2) is 29.4 Å². The summed E-state index contributed by atoms with van der Waals surface area (Å²) in [6, 6.07) is 3.95. The van der Waals surface area contributed by atoms with Crippen LogP contribution in [0, 0.1) is 0 Å². The van der Waals surface area contributed by atoms with Gasteiger partial charge in [0.25, 0.3) is 0 Å². The van der Waals surface area contributed by atoms with Gasteiger partial charge in [0.05, 0.1) is 0 Å². The number of aromatic nitrogens is 2. The zero-order chi connectivity index (χ0) is 6.97. The molecule has 2 aromatic rings. The van der Waals surface area contributed by atoms with Crippen molar-refractivity contribution in [2.75, 3.05) is 0 Å². The molecule has 2 nitrogen and oxygen atoms in total. The Labute approximate surface area is 63.7 Å². The van der Waals surface area contributed by atoms with E-state index in [2.05, 4.69) is 22.6 Å². The van der Waals surface area contributed by atoms with Crippen LogP contribution in [-0.4, -0.2) is 9.97 Å². The topological polar surface area (TPSA) is 28.7 Å². The molecular formula is C7H6N2S. The lowest BCUT2D eigenvalue weighted by Gasteiger charge is -1.88. The van der Waals surface area contributed by atoms with Gasteiger partial charge in [-0.25, -0.2) is 4.98 Å². The lowest BCUT2D eigenvalue weighted by Crippen LogP contribution is -1.74. The number of rotatable bonds is 0. The molecule has 0 spiro atoms. The van der Waals surface area contributed by atoms with Gasteiger partial charge in [0.2, 0.25) is 0 Å². The lowest BCUT2D eigenvalue weighted by molar-refractivity contribution is 1.27. The largest absolute Gasteiger partial charge is 0.346 e. The van der Waals surface area contributed by atoms with Gasteiger partial charge < -0.3 is 4.98 Å². The Kier molecular flexibility index (Phi) is 1.17. The van der Waals surface area contributed by atoms with Crippen LogP contribution in [0.4, 0.5) is 0 Å². The quantitative estimate of drug-likeness (QED) is 0.551. The van der Waals surface area contributed by atoms with E-state index in [1.807, 2.05) is 18.3 Å². The molecule has 0 atom stereocenters. The van der Waals surface area contributed by atoms with Crippen LogP contribution >= 0.6 is 12.6 Å². The summed E-state index contributed by atoms with van der Waals surface area (Å²) < 4.78 is 0. The number of fused-ring (bicyclic) bond motifs is 1. The van der Waals surface area contributed by atoms with E-state index in [4.69, 9.17) is 0 Å². The van der Waals surface area contributed by atoms with Crippen LogP contribution in [0.5, 0.6) is 0 Å². The zero-order valence-corrected chi connectivity index (χ0v) is 6.10. The Balaban J connectivity index is 2.86. The van der Waals surface area contributed by atoms with E-state index < -0.39 is 0 Å². The molecule has 2 aromatic heterocycles. The van der Waals surface area contributed by atoms with Crippen LogP contribution in [0.1, 0.15) is 0 Å². The van der Waals surface area contributed by atoms with E-state index in [1.54, 1.807) is 6.20 Å². The number of hydrogen-bond acceptors (Lipinski definition) is 2. The Morgan fingerprint density at radius 3 is 3.30 bits per heavy atom. The van der Waals surface area contributed by atoms with Crippen molar-refractivity contribution in [3.05, 3.63) is 24.5 Å². The molecule has 0 aromatic carbocycles. The van der Waals surface area contributed by atoms with Gasteiger partial charge in [0, 0.05) is 22.7 Å². The van der Waals surface area contributed by atoms with Crippen molar-refractivity contribution in [1.29, 1.82) is 0 Å². The summed E-state index contributed by atoms with van der Waals surface area (Å²) >= 11 is 4.16. The first kappa shape index (κ1) is 5.80. The van der Waals surface area contributed by atoms with Crippen molar-refractivity contribution >= 4 is 23.7 Å². The van der Waals surface area contributed by atoms with E-state index in [9.17, 15) is 0 Å². The van der Waals surface area contributed by atoms with Crippen molar-refractivity contribution in [2.45, 2.75) is 4.90 Å². The summed E-state index contributed by atoms with van der Waals surface area (Å²) in [6.07, 6.45) is 3.59. The van der Waals surface area contributed by atoms with Crippen molar-refractivity contribution in [1.82, 2.24) is 9.97 Å². The second-order valence-corrected chi connectivity index (χ2v) is 2.63. The maximum Gasteiger partial charge on any atom is 0.137 e. The molecule has 0 aliphatic heterocycles. The third-order valence-corrected chi connectivity index (χ3v) is 1.63. The van der Waals surface area contributed by atoms with Crippen LogP contribution in [0.25, 0.3) is 11.0 Å². The molecule has 0 fully saturated rings. The standard InChI is InChI=1S/C7H6N2S/c10-6-3-5-1-2-8-7(5)9-4-6/h1-4,10H,(H,8,9). The first-order valence-electron chi connectivity index (χ1n) is 2.98. The fraction of sp³-hybridized carbons (Fsp3) is 0. The number of aromatic amines is 1. The SMILES string of the molecule is Sc1cnc2[nH]ccc2c1. The molecule has 0 amide bonds. The molecule has 0 unspecified atom stereocenters. The van der Waals surface area contributed by atoms with E-state index in [1.165, 1.54) is 0 Å². The highest BCUT2D eigenvalue weighted by molar-refractivity contribution is 7.80. The highest BCUT2D eigenvalue weighted by atomic mass is 32.1. The van der Waals surface area contributed by atoms with Crippen molar-refractivity contribution < 1.29 is 0 Å². The average molecular weight is 150 g/mol. The smallest absolute Gasteiger partial charge is 0.137 e. The van der Waals surface area contributed by atoms with Gasteiger partial charge in [-0.05, 0) is 12.1 Å². The van der Waals surface area contributed by atoms with Crippen molar-refractivity contribution in [3.63, 3.8) is 0 Å². The predicted molar refractivity (Wildman–Crippen MR) is 43.3 cm³/mol. The van der Waals surface area contributed by atoms with Crippen LogP contribution in [0.3, 0.4) is 0 Å². The summed E-state index contributed by atoms with van der Waals surface area (Å²) in [4.78, 5) is 8.01. The van der Waals surface area contributed by atoms with Gasteiger partial charge in [0.15, 0.2) is 0 Å². The van der Waals surface area contributed by atoms with Crippen molar-refractivity contribution in [3.8, 4) is 0 Å². The molecular weight excluding hydrogens is 144 g/mol. The Morgan fingerprint density at radius 2 is 2.40 bits per heavy atom. The summed E-state index contributed by atoms with van der Waals surface area (Å²) in [5.41, 5.74) is 0.915. The third kappa shape index (κ3) is 0.789. The second kappa shape index (κ2) is 2.02. The fourth-order valence-electron chi connectivity index (χ4n) is 0.928. The monoisotopic (exact) mass is 150 g/mol. The van der Waals surface area contributed by atoms with Gasteiger partial charge in [-0.1, -0.05) is 0 Å². The highest BCUT2D eigenvalue weighted by Crippen LogP contribution is 2.12. The molecule has 0 aliphatic rings. The van der Waals surface area contributed by atoms with E-state index in [0.717, 1.165) is 15.9 Å². The first-order valence-corrected chi connectivity index (χ1v) is 3.43. The van der Waals surface area contributed by atoms with Gasteiger partial charge in [-0.3, -0.25) is 0 Å². The van der Waals surface area contributed by atoms with E-state index >= 15 is 0 Å². The molecule has 10 heavy (non-hydrogen) atoms. The molecule has 1 N–H and O–H groups in total. The number of pyridine rings is 1. The number of nitrogens with zero attached hydrogens (tertiary/aromatic N) is 1. The van der Waals surface area contributed by atoms with Crippen molar-refractivity contribution in [2.24, 2.45) is 0 Å². The fourth-order valence-corrected chi connectivity index (χ4v) is 1.13. The zero-order valence-electron chi connectivity index (χ0n) is 5.20. The number of thiol groups is 1. The predicted octanol–water partition coefficient (Wildman–Crippen LogP) is 1.85. The van der Waals surface area contributed by atoms with Gasteiger partial charge in [-0.15, -0.1) is 12.6 Å². The second-order valence-electron chi connectivity index (χ2n) is 2.11. The average Bonchev–Trinajstić information content (AvgIpc) is 2.33. The minimum atomic E-state index is 0.895. The molecule has 0 saturated carbocycles. The van der Waals surface area contributed by atoms with Crippen LogP contribution in [0.2, 0.25) is 0 Å². The minimum absolute atomic E-state index is 0.895. The van der Waals surface area contributed by atoms with Crippen LogP contribution < -0.4 is 0 Å². The number of hydrogen-bond donors (Lipinski definition) is 2. The molecule has 0 radical (unpaired) electrons.